The molecule has 1 atom stereocenters. The molecule has 1 fully saturated rings. The first-order valence-electron chi connectivity index (χ1n) is 5.94. The third kappa shape index (κ3) is 3.78. The Balaban J connectivity index is 2.16. The fraction of sp³-hybridized carbons (Fsp3) is 0.500. The standard InChI is InChI=1S/C12H15Br2NO3S/c1-7-4-10(14)12(5-9(7)13)19(17,18)15-6-11(16)8-2-3-8/h4-5,8,11,15-16H,2-3,6H2,1H3. The summed E-state index contributed by atoms with van der Waals surface area (Å²) in [5.74, 6) is 0.246. The van der Waals surface area contributed by atoms with Crippen LogP contribution in [0.2, 0.25) is 0 Å². The largest absolute Gasteiger partial charge is 0.391 e. The summed E-state index contributed by atoms with van der Waals surface area (Å²) in [6.07, 6.45) is 1.35. The SMILES string of the molecule is Cc1cc(Br)c(S(=O)(=O)NCC(O)C2CC2)cc1Br. The van der Waals surface area contributed by atoms with Gasteiger partial charge in [-0.1, -0.05) is 15.9 Å². The molecule has 0 aliphatic heterocycles. The highest BCUT2D eigenvalue weighted by atomic mass is 79.9. The number of hydrogen-bond donors (Lipinski definition) is 2. The summed E-state index contributed by atoms with van der Waals surface area (Å²) in [5, 5.41) is 9.72. The normalized spacial score (nSPS) is 17.5. The van der Waals surface area contributed by atoms with Crippen LogP contribution in [0.15, 0.2) is 26.0 Å². The molecule has 0 saturated heterocycles. The first-order valence-corrected chi connectivity index (χ1v) is 9.01. The summed E-state index contributed by atoms with van der Waals surface area (Å²) in [6, 6.07) is 3.31. The number of aliphatic hydroxyl groups is 1. The van der Waals surface area contributed by atoms with Gasteiger partial charge in [0, 0.05) is 15.5 Å². The molecule has 1 unspecified atom stereocenters. The van der Waals surface area contributed by atoms with Gasteiger partial charge in [-0.15, -0.1) is 0 Å². The number of nitrogens with one attached hydrogen (secondary N) is 1. The van der Waals surface area contributed by atoms with E-state index in [0.29, 0.717) is 4.47 Å². The van der Waals surface area contributed by atoms with E-state index in [-0.39, 0.29) is 17.4 Å². The number of benzene rings is 1. The quantitative estimate of drug-likeness (QED) is 0.780. The Bertz CT molecular complexity index is 585. The molecular formula is C12H15Br2NO3S. The molecule has 0 heterocycles. The van der Waals surface area contributed by atoms with E-state index in [4.69, 9.17) is 0 Å². The molecule has 0 radical (unpaired) electrons. The van der Waals surface area contributed by atoms with Crippen LogP contribution in [0.4, 0.5) is 0 Å². The van der Waals surface area contributed by atoms with Crippen molar-refractivity contribution >= 4 is 41.9 Å². The van der Waals surface area contributed by atoms with Crippen LogP contribution < -0.4 is 4.72 Å². The van der Waals surface area contributed by atoms with E-state index in [2.05, 4.69) is 36.6 Å². The first kappa shape index (κ1) is 15.4. The van der Waals surface area contributed by atoms with Crippen LogP contribution in [-0.2, 0) is 10.0 Å². The second kappa shape index (κ2) is 5.81. The Hall–Kier alpha value is 0.0500. The predicted molar refractivity (Wildman–Crippen MR) is 80.5 cm³/mol. The van der Waals surface area contributed by atoms with E-state index >= 15 is 0 Å². The maximum atomic E-state index is 12.2. The fourth-order valence-corrected chi connectivity index (χ4v) is 4.48. The number of halogens is 2. The molecule has 1 aromatic rings. The summed E-state index contributed by atoms with van der Waals surface area (Å²) in [6.45, 7) is 1.94. The van der Waals surface area contributed by atoms with Gasteiger partial charge in [-0.25, -0.2) is 13.1 Å². The van der Waals surface area contributed by atoms with Gasteiger partial charge in [0.25, 0.3) is 0 Å². The summed E-state index contributed by atoms with van der Waals surface area (Å²) in [4.78, 5) is 0.174. The topological polar surface area (TPSA) is 66.4 Å². The van der Waals surface area contributed by atoms with E-state index in [1.165, 1.54) is 0 Å². The molecule has 0 bridgehead atoms. The van der Waals surface area contributed by atoms with Gasteiger partial charge in [0.05, 0.1) is 11.0 Å². The van der Waals surface area contributed by atoms with Gasteiger partial charge in [-0.3, -0.25) is 0 Å². The zero-order valence-corrected chi connectivity index (χ0v) is 14.3. The van der Waals surface area contributed by atoms with Crippen LogP contribution in [0.1, 0.15) is 18.4 Å². The Morgan fingerprint density at radius 1 is 1.37 bits per heavy atom. The van der Waals surface area contributed by atoms with Gasteiger partial charge in [0.15, 0.2) is 0 Å². The van der Waals surface area contributed by atoms with Crippen molar-refractivity contribution in [2.45, 2.75) is 30.8 Å². The van der Waals surface area contributed by atoms with Crippen molar-refractivity contribution in [1.82, 2.24) is 4.72 Å². The average molecular weight is 413 g/mol. The predicted octanol–water partition coefficient (Wildman–Crippen LogP) is 2.57. The zero-order chi connectivity index (χ0) is 14.2. The number of rotatable bonds is 5. The molecular weight excluding hydrogens is 398 g/mol. The molecule has 1 saturated carbocycles. The van der Waals surface area contributed by atoms with Crippen LogP contribution in [-0.4, -0.2) is 26.2 Å². The molecule has 0 amide bonds. The summed E-state index contributed by atoms with van der Waals surface area (Å²) in [7, 11) is -3.62. The lowest BCUT2D eigenvalue weighted by atomic mass is 10.2. The number of sulfonamides is 1. The highest BCUT2D eigenvalue weighted by Gasteiger charge is 2.31. The van der Waals surface area contributed by atoms with Crippen molar-refractivity contribution in [1.29, 1.82) is 0 Å². The van der Waals surface area contributed by atoms with Crippen molar-refractivity contribution in [2.75, 3.05) is 6.54 Å². The Morgan fingerprint density at radius 3 is 2.58 bits per heavy atom. The summed E-state index contributed by atoms with van der Waals surface area (Å²) in [5.41, 5.74) is 0.948. The van der Waals surface area contributed by atoms with Gasteiger partial charge >= 0.3 is 0 Å². The van der Waals surface area contributed by atoms with E-state index in [1.54, 1.807) is 12.1 Å². The van der Waals surface area contributed by atoms with E-state index in [0.717, 1.165) is 22.9 Å². The highest BCUT2D eigenvalue weighted by Crippen LogP contribution is 2.33. The molecule has 106 valence electrons. The second-order valence-electron chi connectivity index (χ2n) is 4.79. The lowest BCUT2D eigenvalue weighted by Gasteiger charge is -2.13. The van der Waals surface area contributed by atoms with Gasteiger partial charge in [0.1, 0.15) is 0 Å². The number of hydrogen-bond acceptors (Lipinski definition) is 3. The van der Waals surface area contributed by atoms with Crippen LogP contribution in [0.25, 0.3) is 0 Å². The molecule has 7 heteroatoms. The highest BCUT2D eigenvalue weighted by molar-refractivity contribution is 9.11. The Morgan fingerprint density at radius 2 is 2.00 bits per heavy atom. The maximum absolute atomic E-state index is 12.2. The van der Waals surface area contributed by atoms with Gasteiger partial charge < -0.3 is 5.11 Å². The molecule has 1 aromatic carbocycles. The third-order valence-corrected chi connectivity index (χ3v) is 6.39. The van der Waals surface area contributed by atoms with Crippen molar-refractivity contribution in [2.24, 2.45) is 5.92 Å². The van der Waals surface area contributed by atoms with Crippen LogP contribution in [0, 0.1) is 12.8 Å². The van der Waals surface area contributed by atoms with E-state index in [1.807, 2.05) is 6.92 Å². The third-order valence-electron chi connectivity index (χ3n) is 3.15. The summed E-state index contributed by atoms with van der Waals surface area (Å²) >= 11 is 6.59. The lowest BCUT2D eigenvalue weighted by molar-refractivity contribution is 0.155. The van der Waals surface area contributed by atoms with Crippen molar-refractivity contribution in [3.63, 3.8) is 0 Å². The zero-order valence-electron chi connectivity index (χ0n) is 10.4. The van der Waals surface area contributed by atoms with E-state index < -0.39 is 16.1 Å². The first-order chi connectivity index (χ1) is 8.81. The number of aryl methyl sites for hydroxylation is 1. The molecule has 0 spiro atoms. The minimum absolute atomic E-state index is 0.0605. The van der Waals surface area contributed by atoms with Crippen LogP contribution in [0.3, 0.4) is 0 Å². The average Bonchev–Trinajstić information content (AvgIpc) is 3.14. The molecule has 1 aliphatic carbocycles. The minimum Gasteiger partial charge on any atom is -0.391 e. The second-order valence-corrected chi connectivity index (χ2v) is 8.23. The molecule has 4 nitrogen and oxygen atoms in total. The minimum atomic E-state index is -3.62. The Labute approximate surface area is 129 Å². The molecule has 1 aliphatic rings. The summed E-state index contributed by atoms with van der Waals surface area (Å²) < 4.78 is 28.1. The maximum Gasteiger partial charge on any atom is 0.241 e. The van der Waals surface area contributed by atoms with Crippen LogP contribution >= 0.6 is 31.9 Å². The Kier molecular flexibility index (Phi) is 4.72. The van der Waals surface area contributed by atoms with Crippen molar-refractivity contribution < 1.29 is 13.5 Å². The van der Waals surface area contributed by atoms with Gasteiger partial charge in [0.2, 0.25) is 10.0 Å². The van der Waals surface area contributed by atoms with Gasteiger partial charge in [-0.2, -0.15) is 0 Å². The van der Waals surface area contributed by atoms with Crippen molar-refractivity contribution in [3.05, 3.63) is 26.6 Å². The monoisotopic (exact) mass is 411 g/mol. The van der Waals surface area contributed by atoms with Crippen LogP contribution in [0.5, 0.6) is 0 Å². The molecule has 2 rings (SSSR count). The fourth-order valence-electron chi connectivity index (χ4n) is 1.75. The lowest BCUT2D eigenvalue weighted by Crippen LogP contribution is -2.33. The molecule has 2 N–H and O–H groups in total. The van der Waals surface area contributed by atoms with E-state index in [9.17, 15) is 13.5 Å². The molecule has 0 aromatic heterocycles. The van der Waals surface area contributed by atoms with Gasteiger partial charge in [-0.05, 0) is 59.3 Å². The number of aliphatic hydroxyl groups excluding tert-OH is 1. The molecule has 19 heavy (non-hydrogen) atoms. The van der Waals surface area contributed by atoms with Crippen molar-refractivity contribution in [3.8, 4) is 0 Å². The smallest absolute Gasteiger partial charge is 0.241 e.